The molecule has 0 spiro atoms. The van der Waals surface area contributed by atoms with E-state index < -0.39 is 5.91 Å². The molecular weight excluding hydrogens is 431 g/mol. The first-order chi connectivity index (χ1) is 11.6. The summed E-state index contributed by atoms with van der Waals surface area (Å²) in [6, 6.07) is 7.27. The highest BCUT2D eigenvalue weighted by molar-refractivity contribution is 14.0. The third kappa shape index (κ3) is 8.04. The molecule has 0 atom stereocenters. The molecule has 1 aliphatic rings. The Labute approximate surface area is 167 Å². The molecule has 1 fully saturated rings. The molecule has 0 heterocycles. The standard InChI is InChI=1S/C18H28N4O2.HI/c1-3-20-18(22(2)9-10-24-13-14-7-8-14)21-12-15-5-4-6-16(11-15)17(19)23;/h4-6,11,14H,3,7-10,12-13H2,1-2H3,(H2,19,23)(H,20,21);1H. The Hall–Kier alpha value is -1.35. The summed E-state index contributed by atoms with van der Waals surface area (Å²) in [5.41, 5.74) is 6.79. The van der Waals surface area contributed by atoms with Crippen LogP contribution in [0.2, 0.25) is 0 Å². The first-order valence-corrected chi connectivity index (χ1v) is 8.56. The van der Waals surface area contributed by atoms with E-state index in [9.17, 15) is 4.79 Å². The highest BCUT2D eigenvalue weighted by atomic mass is 127. The van der Waals surface area contributed by atoms with Crippen LogP contribution in [0.15, 0.2) is 29.3 Å². The number of guanidine groups is 1. The van der Waals surface area contributed by atoms with Gasteiger partial charge < -0.3 is 20.7 Å². The van der Waals surface area contributed by atoms with Crippen LogP contribution in [-0.2, 0) is 11.3 Å². The fourth-order valence-corrected chi connectivity index (χ4v) is 2.30. The van der Waals surface area contributed by atoms with Crippen molar-refractivity contribution < 1.29 is 9.53 Å². The molecule has 2 rings (SSSR count). The fraction of sp³-hybridized carbons (Fsp3) is 0.556. The minimum atomic E-state index is -0.419. The Morgan fingerprint density at radius 2 is 2.20 bits per heavy atom. The number of carbonyl (C=O) groups is 1. The van der Waals surface area contributed by atoms with E-state index >= 15 is 0 Å². The minimum absolute atomic E-state index is 0. The SMILES string of the molecule is CCNC(=NCc1cccc(C(N)=O)c1)N(C)CCOCC1CC1.I. The van der Waals surface area contributed by atoms with Crippen molar-refractivity contribution in [3.63, 3.8) is 0 Å². The number of carbonyl (C=O) groups excluding carboxylic acids is 1. The molecule has 0 aromatic heterocycles. The lowest BCUT2D eigenvalue weighted by Crippen LogP contribution is -2.40. The summed E-state index contributed by atoms with van der Waals surface area (Å²) in [5, 5.41) is 3.28. The van der Waals surface area contributed by atoms with Gasteiger partial charge in [0.15, 0.2) is 5.96 Å². The van der Waals surface area contributed by atoms with E-state index in [2.05, 4.69) is 15.2 Å². The van der Waals surface area contributed by atoms with Crippen molar-refractivity contribution in [1.29, 1.82) is 0 Å². The molecule has 0 bridgehead atoms. The normalized spacial score (nSPS) is 13.9. The summed E-state index contributed by atoms with van der Waals surface area (Å²) in [6.45, 7) is 5.71. The molecule has 1 aromatic rings. The van der Waals surface area contributed by atoms with Crippen LogP contribution < -0.4 is 11.1 Å². The second-order valence-corrected chi connectivity index (χ2v) is 6.17. The third-order valence-corrected chi connectivity index (χ3v) is 3.94. The number of nitrogens with two attached hydrogens (primary N) is 1. The molecule has 25 heavy (non-hydrogen) atoms. The largest absolute Gasteiger partial charge is 0.379 e. The Kier molecular flexibility index (Phi) is 9.81. The van der Waals surface area contributed by atoms with Gasteiger partial charge in [0.2, 0.25) is 5.91 Å². The van der Waals surface area contributed by atoms with Crippen molar-refractivity contribution in [2.24, 2.45) is 16.6 Å². The highest BCUT2D eigenvalue weighted by Gasteiger charge is 2.21. The first kappa shape index (κ1) is 21.7. The van der Waals surface area contributed by atoms with Crippen LogP contribution in [0.25, 0.3) is 0 Å². The highest BCUT2D eigenvalue weighted by Crippen LogP contribution is 2.28. The van der Waals surface area contributed by atoms with Crippen molar-refractivity contribution in [3.05, 3.63) is 35.4 Å². The van der Waals surface area contributed by atoms with Crippen molar-refractivity contribution in [2.75, 3.05) is 33.4 Å². The van der Waals surface area contributed by atoms with Crippen LogP contribution in [0, 0.1) is 5.92 Å². The molecular formula is C18H29IN4O2. The Morgan fingerprint density at radius 1 is 1.44 bits per heavy atom. The van der Waals surface area contributed by atoms with Crippen molar-refractivity contribution in [2.45, 2.75) is 26.3 Å². The summed E-state index contributed by atoms with van der Waals surface area (Å²) < 4.78 is 5.69. The zero-order valence-electron chi connectivity index (χ0n) is 15.0. The second-order valence-electron chi connectivity index (χ2n) is 6.17. The Bertz CT molecular complexity index is 576. The number of rotatable bonds is 9. The zero-order chi connectivity index (χ0) is 17.4. The predicted molar refractivity (Wildman–Crippen MR) is 111 cm³/mol. The summed E-state index contributed by atoms with van der Waals surface area (Å²) in [5.74, 6) is 1.20. The van der Waals surface area contributed by atoms with Crippen LogP contribution in [-0.4, -0.2) is 50.1 Å². The summed E-state index contributed by atoms with van der Waals surface area (Å²) in [7, 11) is 2.00. The number of nitrogens with zero attached hydrogens (tertiary/aromatic N) is 2. The molecule has 1 saturated carbocycles. The zero-order valence-corrected chi connectivity index (χ0v) is 17.4. The molecule has 1 aliphatic carbocycles. The molecule has 3 N–H and O–H groups in total. The topological polar surface area (TPSA) is 79.9 Å². The first-order valence-electron chi connectivity index (χ1n) is 8.56. The fourth-order valence-electron chi connectivity index (χ4n) is 2.30. The number of benzene rings is 1. The van der Waals surface area contributed by atoms with E-state index in [1.54, 1.807) is 12.1 Å². The number of amides is 1. The number of aliphatic imine (C=N–C) groups is 1. The number of primary amides is 1. The van der Waals surface area contributed by atoms with Gasteiger partial charge in [0.25, 0.3) is 0 Å². The number of ether oxygens (including phenoxy) is 1. The molecule has 7 heteroatoms. The summed E-state index contributed by atoms with van der Waals surface area (Å²) >= 11 is 0. The lowest BCUT2D eigenvalue weighted by molar-refractivity contribution is 0.1000. The maximum absolute atomic E-state index is 11.3. The van der Waals surface area contributed by atoms with Crippen LogP contribution in [0.4, 0.5) is 0 Å². The van der Waals surface area contributed by atoms with Crippen LogP contribution in [0.1, 0.15) is 35.7 Å². The molecule has 140 valence electrons. The molecule has 6 nitrogen and oxygen atoms in total. The Balaban J connectivity index is 0.00000312. The number of hydrogen-bond acceptors (Lipinski definition) is 3. The van der Waals surface area contributed by atoms with E-state index in [4.69, 9.17) is 10.5 Å². The van der Waals surface area contributed by atoms with Crippen LogP contribution in [0.3, 0.4) is 0 Å². The van der Waals surface area contributed by atoms with Gasteiger partial charge in [-0.3, -0.25) is 4.79 Å². The molecule has 0 saturated heterocycles. The quantitative estimate of drug-likeness (QED) is 0.257. The van der Waals surface area contributed by atoms with E-state index in [1.165, 1.54) is 12.8 Å². The number of hydrogen-bond donors (Lipinski definition) is 2. The van der Waals surface area contributed by atoms with Gasteiger partial charge in [0.05, 0.1) is 13.2 Å². The molecule has 1 aromatic carbocycles. The predicted octanol–water partition coefficient (Wildman–Crippen LogP) is 2.23. The van der Waals surface area contributed by atoms with Gasteiger partial charge in [-0.1, -0.05) is 12.1 Å². The average Bonchev–Trinajstić information content (AvgIpc) is 3.39. The second kappa shape index (κ2) is 11.3. The van der Waals surface area contributed by atoms with Gasteiger partial charge in [-0.25, -0.2) is 4.99 Å². The molecule has 0 unspecified atom stereocenters. The van der Waals surface area contributed by atoms with E-state index in [-0.39, 0.29) is 24.0 Å². The van der Waals surface area contributed by atoms with Gasteiger partial charge in [0.1, 0.15) is 0 Å². The van der Waals surface area contributed by atoms with Gasteiger partial charge in [-0.2, -0.15) is 0 Å². The molecule has 1 amide bonds. The van der Waals surface area contributed by atoms with E-state index in [1.807, 2.05) is 26.1 Å². The maximum Gasteiger partial charge on any atom is 0.248 e. The van der Waals surface area contributed by atoms with Gasteiger partial charge in [-0.05, 0) is 43.4 Å². The van der Waals surface area contributed by atoms with E-state index in [0.29, 0.717) is 18.7 Å². The maximum atomic E-state index is 11.3. The lowest BCUT2D eigenvalue weighted by Gasteiger charge is -2.22. The molecule has 0 aliphatic heterocycles. The van der Waals surface area contributed by atoms with Crippen LogP contribution >= 0.6 is 24.0 Å². The number of likely N-dealkylation sites (N-methyl/N-ethyl adjacent to an activating group) is 1. The van der Waals surface area contributed by atoms with E-state index in [0.717, 1.165) is 37.1 Å². The van der Waals surface area contributed by atoms with Crippen LogP contribution in [0.5, 0.6) is 0 Å². The monoisotopic (exact) mass is 460 g/mol. The Morgan fingerprint density at radius 3 is 2.84 bits per heavy atom. The minimum Gasteiger partial charge on any atom is -0.379 e. The van der Waals surface area contributed by atoms with Gasteiger partial charge in [-0.15, -0.1) is 24.0 Å². The smallest absolute Gasteiger partial charge is 0.248 e. The average molecular weight is 460 g/mol. The van der Waals surface area contributed by atoms with Crippen molar-refractivity contribution >= 4 is 35.8 Å². The van der Waals surface area contributed by atoms with Gasteiger partial charge in [0, 0.05) is 32.3 Å². The number of halogens is 1. The summed E-state index contributed by atoms with van der Waals surface area (Å²) in [6.07, 6.45) is 2.62. The van der Waals surface area contributed by atoms with Crippen molar-refractivity contribution in [1.82, 2.24) is 10.2 Å². The van der Waals surface area contributed by atoms with Crippen molar-refractivity contribution in [3.8, 4) is 0 Å². The number of nitrogens with one attached hydrogen (secondary N) is 1. The van der Waals surface area contributed by atoms with Gasteiger partial charge >= 0.3 is 0 Å². The lowest BCUT2D eigenvalue weighted by atomic mass is 10.1. The summed E-state index contributed by atoms with van der Waals surface area (Å²) in [4.78, 5) is 18.0. The molecule has 0 radical (unpaired) electrons. The third-order valence-electron chi connectivity index (χ3n) is 3.94.